The summed E-state index contributed by atoms with van der Waals surface area (Å²) in [4.78, 5) is 12.6. The second kappa shape index (κ2) is 5.69. The van der Waals surface area contributed by atoms with Crippen LogP contribution in [0.3, 0.4) is 0 Å². The maximum absolute atomic E-state index is 12.6. The summed E-state index contributed by atoms with van der Waals surface area (Å²) in [6.07, 6.45) is 9.03. The molecule has 0 radical (unpaired) electrons. The van der Waals surface area contributed by atoms with E-state index in [2.05, 4.69) is 26.1 Å². The number of fused-ring (bicyclic) bond motifs is 1. The Morgan fingerprint density at radius 3 is 2.35 bits per heavy atom. The molecule has 2 heteroatoms. The molecule has 3 saturated carbocycles. The smallest absolute Gasteiger partial charge is 0.223 e. The Kier molecular flexibility index (Phi) is 4.10. The van der Waals surface area contributed by atoms with Crippen molar-refractivity contribution in [2.45, 2.75) is 71.8 Å². The molecule has 0 saturated heterocycles. The van der Waals surface area contributed by atoms with Crippen molar-refractivity contribution < 1.29 is 4.79 Å². The fourth-order valence-corrected chi connectivity index (χ4v) is 5.16. The van der Waals surface area contributed by atoms with Crippen LogP contribution in [-0.2, 0) is 4.79 Å². The van der Waals surface area contributed by atoms with Gasteiger partial charge >= 0.3 is 0 Å². The van der Waals surface area contributed by atoms with Crippen LogP contribution in [0.1, 0.15) is 65.7 Å². The van der Waals surface area contributed by atoms with E-state index < -0.39 is 0 Å². The number of hydrogen-bond acceptors (Lipinski definition) is 1. The molecule has 0 spiro atoms. The van der Waals surface area contributed by atoms with Crippen LogP contribution < -0.4 is 5.32 Å². The minimum Gasteiger partial charge on any atom is -0.353 e. The lowest BCUT2D eigenvalue weighted by atomic mass is 9.77. The van der Waals surface area contributed by atoms with Crippen molar-refractivity contribution in [3.05, 3.63) is 0 Å². The maximum atomic E-state index is 12.6. The summed E-state index contributed by atoms with van der Waals surface area (Å²) >= 11 is 0. The monoisotopic (exact) mass is 277 g/mol. The highest BCUT2D eigenvalue weighted by molar-refractivity contribution is 5.82. The van der Waals surface area contributed by atoms with Crippen LogP contribution in [0.25, 0.3) is 0 Å². The largest absolute Gasteiger partial charge is 0.353 e. The number of carbonyl (C=O) groups is 1. The molecule has 0 aromatic rings. The molecule has 3 aliphatic carbocycles. The van der Waals surface area contributed by atoms with Gasteiger partial charge in [-0.25, -0.2) is 0 Å². The van der Waals surface area contributed by atoms with Gasteiger partial charge in [0.25, 0.3) is 0 Å². The number of carbonyl (C=O) groups excluding carboxylic acids is 1. The van der Waals surface area contributed by atoms with Crippen LogP contribution in [-0.4, -0.2) is 11.9 Å². The molecule has 0 aromatic carbocycles. The van der Waals surface area contributed by atoms with Crippen LogP contribution in [0.5, 0.6) is 0 Å². The van der Waals surface area contributed by atoms with Crippen LogP contribution in [0.4, 0.5) is 0 Å². The zero-order valence-electron chi connectivity index (χ0n) is 13.4. The molecule has 1 N–H and O–H groups in total. The molecule has 3 fully saturated rings. The van der Waals surface area contributed by atoms with Crippen molar-refractivity contribution in [3.63, 3.8) is 0 Å². The Bertz CT molecular complexity index is 358. The summed E-state index contributed by atoms with van der Waals surface area (Å²) in [5.41, 5.74) is 0. The first kappa shape index (κ1) is 14.4. The van der Waals surface area contributed by atoms with E-state index in [0.717, 1.165) is 17.8 Å². The van der Waals surface area contributed by atoms with E-state index in [-0.39, 0.29) is 0 Å². The van der Waals surface area contributed by atoms with Gasteiger partial charge in [-0.1, -0.05) is 46.5 Å². The minimum atomic E-state index is 0.349. The predicted octanol–water partition coefficient (Wildman–Crippen LogP) is 4.00. The van der Waals surface area contributed by atoms with Gasteiger partial charge in [-0.3, -0.25) is 4.79 Å². The Labute approximate surface area is 124 Å². The summed E-state index contributed by atoms with van der Waals surface area (Å²) < 4.78 is 0. The van der Waals surface area contributed by atoms with Crippen molar-refractivity contribution in [1.82, 2.24) is 5.32 Å². The molecule has 0 aromatic heterocycles. The van der Waals surface area contributed by atoms with Gasteiger partial charge in [0.15, 0.2) is 0 Å². The first-order valence-corrected chi connectivity index (χ1v) is 8.90. The minimum absolute atomic E-state index is 0.349. The van der Waals surface area contributed by atoms with Crippen LogP contribution >= 0.6 is 0 Å². The third kappa shape index (κ3) is 2.63. The van der Waals surface area contributed by atoms with E-state index in [0.29, 0.717) is 29.7 Å². The maximum Gasteiger partial charge on any atom is 0.223 e. The Morgan fingerprint density at radius 2 is 1.70 bits per heavy atom. The SMILES string of the molecule is CC(C)[C@@H]1CC[C@@H](C)[C@H]2[C@H](C(=O)NC3CCCCC3)[C@H]21. The van der Waals surface area contributed by atoms with Crippen molar-refractivity contribution in [1.29, 1.82) is 0 Å². The summed E-state index contributed by atoms with van der Waals surface area (Å²) in [6.45, 7) is 7.04. The summed E-state index contributed by atoms with van der Waals surface area (Å²) in [7, 11) is 0. The van der Waals surface area contributed by atoms with Gasteiger partial charge in [0.2, 0.25) is 5.91 Å². The molecule has 20 heavy (non-hydrogen) atoms. The van der Waals surface area contributed by atoms with Gasteiger partial charge in [-0.05, 0) is 48.9 Å². The third-order valence-electron chi connectivity index (χ3n) is 6.35. The molecular weight excluding hydrogens is 246 g/mol. The van der Waals surface area contributed by atoms with Gasteiger partial charge < -0.3 is 5.32 Å². The third-order valence-corrected chi connectivity index (χ3v) is 6.35. The van der Waals surface area contributed by atoms with Crippen LogP contribution in [0, 0.1) is 35.5 Å². The first-order chi connectivity index (χ1) is 9.59. The second-order valence-electron chi connectivity index (χ2n) is 7.99. The molecule has 114 valence electrons. The van der Waals surface area contributed by atoms with E-state index >= 15 is 0 Å². The number of amides is 1. The Hall–Kier alpha value is -0.530. The quantitative estimate of drug-likeness (QED) is 0.830. The topological polar surface area (TPSA) is 29.1 Å². The van der Waals surface area contributed by atoms with Crippen molar-refractivity contribution in [3.8, 4) is 0 Å². The fourth-order valence-electron chi connectivity index (χ4n) is 5.16. The fraction of sp³-hybridized carbons (Fsp3) is 0.944. The van der Waals surface area contributed by atoms with Gasteiger partial charge in [-0.2, -0.15) is 0 Å². The number of hydrogen-bond donors (Lipinski definition) is 1. The van der Waals surface area contributed by atoms with Crippen molar-refractivity contribution in [2.24, 2.45) is 35.5 Å². The average molecular weight is 277 g/mol. The van der Waals surface area contributed by atoms with Gasteiger partial charge in [0.1, 0.15) is 0 Å². The molecule has 3 rings (SSSR count). The average Bonchev–Trinajstić information content (AvgIpc) is 3.16. The highest BCUT2D eigenvalue weighted by atomic mass is 16.2. The van der Waals surface area contributed by atoms with E-state index in [1.165, 1.54) is 44.9 Å². The molecule has 0 bridgehead atoms. The molecule has 1 amide bonds. The highest BCUT2D eigenvalue weighted by Gasteiger charge is 2.61. The van der Waals surface area contributed by atoms with E-state index in [1.807, 2.05) is 0 Å². The standard InChI is InChI=1S/C18H31NO/c1-11(2)14-10-9-12(3)15-16(14)17(15)18(20)19-13-7-5-4-6-8-13/h11-17H,4-10H2,1-3H3,(H,19,20)/t12-,14+,15-,16+,17+/m1/s1. The van der Waals surface area contributed by atoms with E-state index in [1.54, 1.807) is 0 Å². The molecule has 3 aliphatic rings. The Balaban J connectivity index is 1.60. The van der Waals surface area contributed by atoms with Crippen molar-refractivity contribution in [2.75, 3.05) is 0 Å². The lowest BCUT2D eigenvalue weighted by molar-refractivity contribution is -0.124. The second-order valence-corrected chi connectivity index (χ2v) is 7.99. The zero-order valence-corrected chi connectivity index (χ0v) is 13.4. The summed E-state index contributed by atoms with van der Waals surface area (Å²) in [5, 5.41) is 3.38. The molecular formula is C18H31NO. The number of rotatable bonds is 3. The number of nitrogens with one attached hydrogen (secondary N) is 1. The lowest BCUT2D eigenvalue weighted by Gasteiger charge is -2.28. The zero-order chi connectivity index (χ0) is 14.3. The van der Waals surface area contributed by atoms with Crippen molar-refractivity contribution >= 4 is 5.91 Å². The highest BCUT2D eigenvalue weighted by Crippen LogP contribution is 2.62. The lowest BCUT2D eigenvalue weighted by Crippen LogP contribution is -2.38. The normalized spacial score (nSPS) is 41.3. The molecule has 0 aliphatic heterocycles. The van der Waals surface area contributed by atoms with Gasteiger partial charge in [-0.15, -0.1) is 0 Å². The molecule has 0 unspecified atom stereocenters. The van der Waals surface area contributed by atoms with Crippen LogP contribution in [0.15, 0.2) is 0 Å². The van der Waals surface area contributed by atoms with Gasteiger partial charge in [0, 0.05) is 12.0 Å². The summed E-state index contributed by atoms with van der Waals surface area (Å²) in [5.74, 6) is 4.42. The van der Waals surface area contributed by atoms with E-state index in [9.17, 15) is 4.79 Å². The predicted molar refractivity (Wildman–Crippen MR) is 82.2 cm³/mol. The molecule has 2 nitrogen and oxygen atoms in total. The van der Waals surface area contributed by atoms with Crippen LogP contribution in [0.2, 0.25) is 0 Å². The van der Waals surface area contributed by atoms with E-state index in [4.69, 9.17) is 0 Å². The molecule has 5 atom stereocenters. The summed E-state index contributed by atoms with van der Waals surface area (Å²) in [6, 6.07) is 0.478. The first-order valence-electron chi connectivity index (χ1n) is 8.90. The molecule has 0 heterocycles. The van der Waals surface area contributed by atoms with Gasteiger partial charge in [0.05, 0.1) is 0 Å². The Morgan fingerprint density at radius 1 is 1.00 bits per heavy atom.